The topological polar surface area (TPSA) is 30.2 Å². The Morgan fingerprint density at radius 2 is 2.14 bits per heavy atom. The van der Waals surface area contributed by atoms with Crippen LogP contribution in [0.15, 0.2) is 41.0 Å². The van der Waals surface area contributed by atoms with Gasteiger partial charge < -0.3 is 4.42 Å². The van der Waals surface area contributed by atoms with Gasteiger partial charge in [-0.15, -0.1) is 0 Å². The molecule has 70 valence electrons. The van der Waals surface area contributed by atoms with Crippen LogP contribution < -0.4 is 0 Å². The third kappa shape index (κ3) is 1.56. The maximum Gasteiger partial charge on any atom is 0.151 e. The van der Waals surface area contributed by atoms with Crippen LogP contribution in [0.1, 0.15) is 10.4 Å². The SMILES string of the molecule is O=Cc1ccc(-c2ccco2)cc1Cl. The molecule has 0 saturated carbocycles. The molecule has 0 amide bonds. The van der Waals surface area contributed by atoms with E-state index in [1.54, 1.807) is 30.5 Å². The van der Waals surface area contributed by atoms with Crippen molar-refractivity contribution in [3.8, 4) is 11.3 Å². The molecule has 0 saturated heterocycles. The molecule has 0 fully saturated rings. The fourth-order valence-corrected chi connectivity index (χ4v) is 1.44. The predicted molar refractivity (Wildman–Crippen MR) is 54.5 cm³/mol. The van der Waals surface area contributed by atoms with Crippen LogP contribution in [0.25, 0.3) is 11.3 Å². The summed E-state index contributed by atoms with van der Waals surface area (Å²) >= 11 is 5.87. The van der Waals surface area contributed by atoms with Gasteiger partial charge in [-0.05, 0) is 24.3 Å². The maximum atomic E-state index is 10.5. The Balaban J connectivity index is 2.48. The average Bonchev–Trinajstić information content (AvgIpc) is 2.70. The zero-order chi connectivity index (χ0) is 9.97. The largest absolute Gasteiger partial charge is 0.464 e. The van der Waals surface area contributed by atoms with E-state index in [1.807, 2.05) is 6.07 Å². The molecule has 0 aliphatic heterocycles. The van der Waals surface area contributed by atoms with Gasteiger partial charge in [0.25, 0.3) is 0 Å². The number of furan rings is 1. The van der Waals surface area contributed by atoms with Gasteiger partial charge in [-0.2, -0.15) is 0 Å². The van der Waals surface area contributed by atoms with Gasteiger partial charge >= 0.3 is 0 Å². The highest BCUT2D eigenvalue weighted by molar-refractivity contribution is 6.33. The molecule has 0 N–H and O–H groups in total. The fraction of sp³-hybridized carbons (Fsp3) is 0. The molecular formula is C11H7ClO2. The molecule has 0 spiro atoms. The minimum absolute atomic E-state index is 0.439. The fourth-order valence-electron chi connectivity index (χ4n) is 1.22. The Hall–Kier alpha value is -1.54. The number of rotatable bonds is 2. The van der Waals surface area contributed by atoms with Crippen molar-refractivity contribution in [3.05, 3.63) is 47.2 Å². The third-order valence-corrected chi connectivity index (χ3v) is 2.26. The van der Waals surface area contributed by atoms with E-state index in [1.165, 1.54) is 0 Å². The number of halogens is 1. The zero-order valence-electron chi connectivity index (χ0n) is 7.24. The molecule has 1 aromatic heterocycles. The quantitative estimate of drug-likeness (QED) is 0.705. The van der Waals surface area contributed by atoms with E-state index < -0.39 is 0 Å². The highest BCUT2D eigenvalue weighted by atomic mass is 35.5. The van der Waals surface area contributed by atoms with Crippen molar-refractivity contribution in [2.75, 3.05) is 0 Å². The van der Waals surface area contributed by atoms with Crippen LogP contribution >= 0.6 is 11.6 Å². The van der Waals surface area contributed by atoms with Gasteiger partial charge in [0.15, 0.2) is 6.29 Å². The molecule has 0 bridgehead atoms. The van der Waals surface area contributed by atoms with Crippen LogP contribution in [0.3, 0.4) is 0 Å². The van der Waals surface area contributed by atoms with Crippen LogP contribution in [0.4, 0.5) is 0 Å². The molecular weight excluding hydrogens is 200 g/mol. The Labute approximate surface area is 86.1 Å². The van der Waals surface area contributed by atoms with E-state index in [0.717, 1.165) is 17.6 Å². The van der Waals surface area contributed by atoms with E-state index in [0.29, 0.717) is 10.6 Å². The summed E-state index contributed by atoms with van der Waals surface area (Å²) in [6, 6.07) is 8.83. The molecule has 0 aliphatic carbocycles. The second kappa shape index (κ2) is 3.68. The van der Waals surface area contributed by atoms with Crippen molar-refractivity contribution in [1.82, 2.24) is 0 Å². The minimum Gasteiger partial charge on any atom is -0.464 e. The van der Waals surface area contributed by atoms with Crippen molar-refractivity contribution in [1.29, 1.82) is 0 Å². The summed E-state index contributed by atoms with van der Waals surface area (Å²) in [4.78, 5) is 10.5. The molecule has 3 heteroatoms. The first-order valence-electron chi connectivity index (χ1n) is 4.10. The Bertz CT molecular complexity index is 446. The first-order chi connectivity index (χ1) is 6.81. The summed E-state index contributed by atoms with van der Waals surface area (Å²) in [7, 11) is 0. The number of carbonyl (C=O) groups excluding carboxylic acids is 1. The normalized spacial score (nSPS) is 10.1. The minimum atomic E-state index is 0.439. The summed E-state index contributed by atoms with van der Waals surface area (Å²) in [6.07, 6.45) is 2.32. The van der Waals surface area contributed by atoms with Crippen molar-refractivity contribution < 1.29 is 9.21 Å². The summed E-state index contributed by atoms with van der Waals surface area (Å²) < 4.78 is 5.20. The van der Waals surface area contributed by atoms with Gasteiger partial charge in [0.1, 0.15) is 5.76 Å². The van der Waals surface area contributed by atoms with Crippen LogP contribution in [-0.2, 0) is 0 Å². The second-order valence-electron chi connectivity index (χ2n) is 2.83. The van der Waals surface area contributed by atoms with Crippen molar-refractivity contribution in [2.24, 2.45) is 0 Å². The molecule has 1 aromatic carbocycles. The Kier molecular flexibility index (Phi) is 2.37. The molecule has 2 nitrogen and oxygen atoms in total. The lowest BCUT2D eigenvalue weighted by molar-refractivity contribution is 0.112. The molecule has 0 atom stereocenters. The second-order valence-corrected chi connectivity index (χ2v) is 3.24. The van der Waals surface area contributed by atoms with E-state index in [4.69, 9.17) is 16.0 Å². The highest BCUT2D eigenvalue weighted by Crippen LogP contribution is 2.24. The van der Waals surface area contributed by atoms with Crippen LogP contribution in [-0.4, -0.2) is 6.29 Å². The lowest BCUT2D eigenvalue weighted by atomic mass is 10.1. The van der Waals surface area contributed by atoms with Crippen LogP contribution in [0.5, 0.6) is 0 Å². The zero-order valence-corrected chi connectivity index (χ0v) is 7.99. The molecule has 14 heavy (non-hydrogen) atoms. The smallest absolute Gasteiger partial charge is 0.151 e. The average molecular weight is 207 g/mol. The summed E-state index contributed by atoms with van der Waals surface area (Å²) in [5, 5.41) is 0.439. The Morgan fingerprint density at radius 1 is 1.29 bits per heavy atom. The first-order valence-corrected chi connectivity index (χ1v) is 4.47. The van der Waals surface area contributed by atoms with Crippen LogP contribution in [0, 0.1) is 0 Å². The monoisotopic (exact) mass is 206 g/mol. The van der Waals surface area contributed by atoms with E-state index in [9.17, 15) is 4.79 Å². The maximum absolute atomic E-state index is 10.5. The lowest BCUT2D eigenvalue weighted by Crippen LogP contribution is -1.82. The van der Waals surface area contributed by atoms with E-state index in [-0.39, 0.29) is 0 Å². The van der Waals surface area contributed by atoms with Gasteiger partial charge in [-0.1, -0.05) is 17.7 Å². The van der Waals surface area contributed by atoms with Gasteiger partial charge in [0.2, 0.25) is 0 Å². The van der Waals surface area contributed by atoms with Gasteiger partial charge in [0.05, 0.1) is 11.3 Å². The van der Waals surface area contributed by atoms with Gasteiger partial charge in [0, 0.05) is 11.1 Å². The highest BCUT2D eigenvalue weighted by Gasteiger charge is 2.04. The van der Waals surface area contributed by atoms with Crippen molar-refractivity contribution in [2.45, 2.75) is 0 Å². The number of benzene rings is 1. The van der Waals surface area contributed by atoms with Crippen molar-refractivity contribution >= 4 is 17.9 Å². The number of hydrogen-bond acceptors (Lipinski definition) is 2. The lowest BCUT2D eigenvalue weighted by Gasteiger charge is -1.99. The van der Waals surface area contributed by atoms with E-state index in [2.05, 4.69) is 0 Å². The number of aldehydes is 1. The van der Waals surface area contributed by atoms with Crippen LogP contribution in [0.2, 0.25) is 5.02 Å². The van der Waals surface area contributed by atoms with Gasteiger partial charge in [-0.3, -0.25) is 4.79 Å². The molecule has 0 radical (unpaired) electrons. The predicted octanol–water partition coefficient (Wildman–Crippen LogP) is 3.41. The van der Waals surface area contributed by atoms with E-state index >= 15 is 0 Å². The Morgan fingerprint density at radius 3 is 2.71 bits per heavy atom. The molecule has 2 rings (SSSR count). The summed E-state index contributed by atoms with van der Waals surface area (Å²) in [5.41, 5.74) is 1.35. The first kappa shape index (κ1) is 9.03. The number of carbonyl (C=O) groups is 1. The standard InChI is InChI=1S/C11H7ClO2/c12-10-6-8(3-4-9(10)7-13)11-2-1-5-14-11/h1-7H. The molecule has 2 aromatic rings. The summed E-state index contributed by atoms with van der Waals surface area (Å²) in [6.45, 7) is 0. The molecule has 1 heterocycles. The third-order valence-electron chi connectivity index (χ3n) is 1.93. The molecule has 0 aliphatic rings. The number of hydrogen-bond donors (Lipinski definition) is 0. The van der Waals surface area contributed by atoms with Crippen molar-refractivity contribution in [3.63, 3.8) is 0 Å². The summed E-state index contributed by atoms with van der Waals surface area (Å²) in [5.74, 6) is 0.740. The molecule has 0 unspecified atom stereocenters. The van der Waals surface area contributed by atoms with Gasteiger partial charge in [-0.25, -0.2) is 0 Å².